The summed E-state index contributed by atoms with van der Waals surface area (Å²) < 4.78 is 37.3. The van der Waals surface area contributed by atoms with Crippen LogP contribution < -0.4 is 9.46 Å². The Hall–Kier alpha value is -1.83. The van der Waals surface area contributed by atoms with E-state index in [4.69, 9.17) is 9.15 Å². The van der Waals surface area contributed by atoms with Crippen molar-refractivity contribution in [1.29, 1.82) is 0 Å². The Balaban J connectivity index is 1.97. The summed E-state index contributed by atoms with van der Waals surface area (Å²) in [4.78, 5) is 0.177. The molecule has 0 aliphatic heterocycles. The molecular weight excluding hydrogens is 318 g/mol. The van der Waals surface area contributed by atoms with Gasteiger partial charge in [0.25, 0.3) is 0 Å². The Morgan fingerprint density at radius 3 is 2.74 bits per heavy atom. The summed E-state index contributed by atoms with van der Waals surface area (Å²) >= 11 is 0. The van der Waals surface area contributed by atoms with Crippen molar-refractivity contribution in [2.24, 2.45) is 0 Å². The van der Waals surface area contributed by atoms with Gasteiger partial charge in [0.1, 0.15) is 5.75 Å². The number of sulfonamides is 1. The highest BCUT2D eigenvalue weighted by atomic mass is 32.2. The fourth-order valence-corrected chi connectivity index (χ4v) is 3.28. The van der Waals surface area contributed by atoms with E-state index in [1.54, 1.807) is 25.1 Å². The second kappa shape index (κ2) is 7.63. The Labute approximate surface area is 136 Å². The van der Waals surface area contributed by atoms with Gasteiger partial charge in [0.15, 0.2) is 0 Å². The maximum absolute atomic E-state index is 12.3. The van der Waals surface area contributed by atoms with Gasteiger partial charge in [-0.05, 0) is 50.1 Å². The normalized spacial score (nSPS) is 13.0. The van der Waals surface area contributed by atoms with Gasteiger partial charge in [-0.15, -0.1) is 0 Å². The molecule has 6 nitrogen and oxygen atoms in total. The van der Waals surface area contributed by atoms with Crippen LogP contribution in [0.2, 0.25) is 0 Å². The Morgan fingerprint density at radius 2 is 2.13 bits per heavy atom. The van der Waals surface area contributed by atoms with E-state index in [1.165, 1.54) is 18.6 Å². The maximum atomic E-state index is 12.3. The van der Waals surface area contributed by atoms with Gasteiger partial charge in [-0.2, -0.15) is 0 Å². The first-order valence-electron chi connectivity index (χ1n) is 7.37. The minimum atomic E-state index is -3.62. The van der Waals surface area contributed by atoms with Crippen LogP contribution in [0.25, 0.3) is 0 Å². The summed E-state index contributed by atoms with van der Waals surface area (Å²) in [5.41, 5.74) is 1.38. The molecule has 1 unspecified atom stereocenters. The molecule has 0 spiro atoms. The molecule has 126 valence electrons. The molecule has 0 bridgehead atoms. The summed E-state index contributed by atoms with van der Waals surface area (Å²) in [7, 11) is -3.62. The average Bonchev–Trinajstić information content (AvgIpc) is 3.03. The number of benzene rings is 1. The molecule has 7 heteroatoms. The molecule has 23 heavy (non-hydrogen) atoms. The summed E-state index contributed by atoms with van der Waals surface area (Å²) in [6.07, 6.45) is 2.40. The first kappa shape index (κ1) is 17.5. The van der Waals surface area contributed by atoms with Crippen LogP contribution in [0.3, 0.4) is 0 Å². The molecule has 0 saturated carbocycles. The third kappa shape index (κ3) is 4.57. The van der Waals surface area contributed by atoms with Crippen LogP contribution in [0.5, 0.6) is 5.75 Å². The van der Waals surface area contributed by atoms with Gasteiger partial charge in [-0.3, -0.25) is 0 Å². The van der Waals surface area contributed by atoms with E-state index >= 15 is 0 Å². The number of aliphatic hydroxyl groups excluding tert-OH is 1. The summed E-state index contributed by atoms with van der Waals surface area (Å²) in [5, 5.41) is 9.91. The first-order chi connectivity index (χ1) is 10.9. The second-order valence-corrected chi connectivity index (χ2v) is 6.89. The Bertz CT molecular complexity index is 725. The van der Waals surface area contributed by atoms with Gasteiger partial charge in [0.05, 0.1) is 30.1 Å². The Kier molecular flexibility index (Phi) is 5.81. The number of hydrogen-bond acceptors (Lipinski definition) is 5. The highest BCUT2D eigenvalue weighted by Gasteiger charge is 2.16. The van der Waals surface area contributed by atoms with E-state index in [1.807, 2.05) is 6.92 Å². The van der Waals surface area contributed by atoms with Crippen LogP contribution in [0.4, 0.5) is 0 Å². The molecule has 2 rings (SSSR count). The molecule has 0 aliphatic carbocycles. The summed E-state index contributed by atoms with van der Waals surface area (Å²) in [6.45, 7) is 4.32. The van der Waals surface area contributed by atoms with E-state index in [9.17, 15) is 13.5 Å². The van der Waals surface area contributed by atoms with Crippen molar-refractivity contribution in [2.45, 2.75) is 31.3 Å². The lowest BCUT2D eigenvalue weighted by Gasteiger charge is -2.12. The van der Waals surface area contributed by atoms with Gasteiger partial charge in [-0.25, -0.2) is 13.1 Å². The fraction of sp³-hybridized carbons (Fsp3) is 0.375. The first-order valence-corrected chi connectivity index (χ1v) is 8.85. The van der Waals surface area contributed by atoms with E-state index < -0.39 is 16.1 Å². The van der Waals surface area contributed by atoms with Gasteiger partial charge in [0.2, 0.25) is 10.0 Å². The lowest BCUT2D eigenvalue weighted by Crippen LogP contribution is -2.26. The SMILES string of the molecule is CCOc1ccc(S(=O)(=O)NCCC(O)c2ccoc2)cc1C. The van der Waals surface area contributed by atoms with Gasteiger partial charge in [0, 0.05) is 12.1 Å². The standard InChI is InChI=1S/C16H21NO5S/c1-3-22-16-5-4-14(10-12(16)2)23(19,20)17-8-6-15(18)13-7-9-21-11-13/h4-5,7,9-11,15,17-18H,3,6,8H2,1-2H3. The van der Waals surface area contributed by atoms with Crippen molar-refractivity contribution < 1.29 is 22.7 Å². The molecule has 2 aromatic rings. The molecule has 0 aliphatic rings. The van der Waals surface area contributed by atoms with Crippen LogP contribution >= 0.6 is 0 Å². The van der Waals surface area contributed by atoms with Crippen molar-refractivity contribution in [2.75, 3.05) is 13.2 Å². The highest BCUT2D eigenvalue weighted by Crippen LogP contribution is 2.22. The van der Waals surface area contributed by atoms with E-state index in [2.05, 4.69) is 4.72 Å². The third-order valence-electron chi connectivity index (χ3n) is 3.39. The lowest BCUT2D eigenvalue weighted by atomic mass is 10.1. The minimum Gasteiger partial charge on any atom is -0.494 e. The van der Waals surface area contributed by atoms with Crippen LogP contribution in [0.1, 0.15) is 30.6 Å². The van der Waals surface area contributed by atoms with Crippen molar-refractivity contribution in [3.63, 3.8) is 0 Å². The topological polar surface area (TPSA) is 88.8 Å². The van der Waals surface area contributed by atoms with Crippen LogP contribution in [-0.2, 0) is 10.0 Å². The smallest absolute Gasteiger partial charge is 0.240 e. The number of rotatable bonds is 8. The molecule has 0 fully saturated rings. The van der Waals surface area contributed by atoms with Crippen molar-refractivity contribution in [1.82, 2.24) is 4.72 Å². The molecule has 1 heterocycles. The number of aliphatic hydroxyl groups is 1. The molecule has 2 N–H and O–H groups in total. The van der Waals surface area contributed by atoms with E-state index in [0.717, 1.165) is 5.56 Å². The van der Waals surface area contributed by atoms with Crippen LogP contribution in [0.15, 0.2) is 46.1 Å². The number of nitrogens with one attached hydrogen (secondary N) is 1. The zero-order chi connectivity index (χ0) is 16.9. The molecule has 0 saturated heterocycles. The predicted molar refractivity (Wildman–Crippen MR) is 85.8 cm³/mol. The zero-order valence-electron chi connectivity index (χ0n) is 13.2. The molecular formula is C16H21NO5S. The minimum absolute atomic E-state index is 0.126. The van der Waals surface area contributed by atoms with Crippen LogP contribution in [-0.4, -0.2) is 26.7 Å². The maximum Gasteiger partial charge on any atom is 0.240 e. The number of aryl methyl sites for hydroxylation is 1. The van der Waals surface area contributed by atoms with Gasteiger partial charge < -0.3 is 14.3 Å². The summed E-state index contributed by atoms with van der Waals surface area (Å²) in [5.74, 6) is 0.668. The largest absolute Gasteiger partial charge is 0.494 e. The van der Waals surface area contributed by atoms with Gasteiger partial charge >= 0.3 is 0 Å². The predicted octanol–water partition coefficient (Wildman–Crippen LogP) is 2.39. The monoisotopic (exact) mass is 339 g/mol. The lowest BCUT2D eigenvalue weighted by molar-refractivity contribution is 0.168. The van der Waals surface area contributed by atoms with Crippen molar-refractivity contribution in [3.8, 4) is 5.75 Å². The molecule has 0 radical (unpaired) electrons. The second-order valence-electron chi connectivity index (χ2n) is 5.12. The number of furan rings is 1. The zero-order valence-corrected chi connectivity index (χ0v) is 14.0. The van der Waals surface area contributed by atoms with E-state index in [0.29, 0.717) is 17.9 Å². The molecule has 0 amide bonds. The van der Waals surface area contributed by atoms with Crippen LogP contribution in [0, 0.1) is 6.92 Å². The Morgan fingerprint density at radius 1 is 1.35 bits per heavy atom. The number of hydrogen-bond donors (Lipinski definition) is 2. The molecule has 1 atom stereocenters. The number of ether oxygens (including phenoxy) is 1. The average molecular weight is 339 g/mol. The molecule has 1 aromatic carbocycles. The van der Waals surface area contributed by atoms with Gasteiger partial charge in [-0.1, -0.05) is 0 Å². The quantitative estimate of drug-likeness (QED) is 0.771. The highest BCUT2D eigenvalue weighted by molar-refractivity contribution is 7.89. The summed E-state index contributed by atoms with van der Waals surface area (Å²) in [6, 6.07) is 6.37. The van der Waals surface area contributed by atoms with E-state index in [-0.39, 0.29) is 17.9 Å². The van der Waals surface area contributed by atoms with Crippen molar-refractivity contribution in [3.05, 3.63) is 47.9 Å². The third-order valence-corrected chi connectivity index (χ3v) is 4.85. The van der Waals surface area contributed by atoms with Crippen molar-refractivity contribution >= 4 is 10.0 Å². The fourth-order valence-electron chi connectivity index (χ4n) is 2.15. The molecule has 1 aromatic heterocycles.